The molecule has 0 bridgehead atoms. The van der Waals surface area contributed by atoms with Crippen LogP contribution in [0.25, 0.3) is 0 Å². The molecule has 0 aliphatic rings. The van der Waals surface area contributed by atoms with Crippen LogP contribution in [0.2, 0.25) is 0 Å². The average molecular weight is 310 g/mol. The van der Waals surface area contributed by atoms with E-state index in [0.29, 0.717) is 22.9 Å². The molecule has 1 aromatic carbocycles. The quantitative estimate of drug-likeness (QED) is 0.745. The molecule has 1 heterocycles. The van der Waals surface area contributed by atoms with Gasteiger partial charge in [0, 0.05) is 23.3 Å². The first-order valence-electron chi connectivity index (χ1n) is 6.31. The summed E-state index contributed by atoms with van der Waals surface area (Å²) in [6, 6.07) is 5.59. The van der Waals surface area contributed by atoms with Gasteiger partial charge in [0.25, 0.3) is 0 Å². The van der Waals surface area contributed by atoms with Gasteiger partial charge in [0.05, 0.1) is 12.2 Å². The van der Waals surface area contributed by atoms with Gasteiger partial charge in [0.2, 0.25) is 0 Å². The molecule has 1 aromatic heterocycles. The normalized spacial score (nSPS) is 12.3. The molecule has 8 heteroatoms. The van der Waals surface area contributed by atoms with Gasteiger partial charge in [0.1, 0.15) is 11.9 Å². The van der Waals surface area contributed by atoms with Crippen LogP contribution in [0, 0.1) is 5.82 Å². The van der Waals surface area contributed by atoms with E-state index in [4.69, 9.17) is 10.8 Å². The van der Waals surface area contributed by atoms with Crippen molar-refractivity contribution in [1.82, 2.24) is 15.0 Å². The first-order chi connectivity index (χ1) is 10.1. The summed E-state index contributed by atoms with van der Waals surface area (Å²) in [5.41, 5.74) is 5.96. The van der Waals surface area contributed by atoms with Gasteiger partial charge in [-0.1, -0.05) is 17.3 Å². The maximum Gasteiger partial charge on any atom is 0.320 e. The van der Waals surface area contributed by atoms with Crippen molar-refractivity contribution >= 4 is 17.7 Å². The Morgan fingerprint density at radius 1 is 1.48 bits per heavy atom. The fourth-order valence-electron chi connectivity index (χ4n) is 1.66. The number of nitrogens with zero attached hydrogens (tertiary/aromatic N) is 3. The number of nitrogens with two attached hydrogens (primary N) is 1. The number of halogens is 1. The molecule has 6 nitrogen and oxygen atoms in total. The molecule has 0 saturated heterocycles. The highest BCUT2D eigenvalue weighted by Gasteiger charge is 2.14. The maximum atomic E-state index is 13.4. The smallest absolute Gasteiger partial charge is 0.320 e. The van der Waals surface area contributed by atoms with E-state index in [-0.39, 0.29) is 12.2 Å². The number of benzene rings is 1. The number of aromatic nitrogens is 3. The van der Waals surface area contributed by atoms with Crippen LogP contribution in [-0.2, 0) is 17.8 Å². The zero-order chi connectivity index (χ0) is 15.2. The van der Waals surface area contributed by atoms with E-state index in [2.05, 4.69) is 10.3 Å². The van der Waals surface area contributed by atoms with Gasteiger partial charge in [-0.15, -0.1) is 16.9 Å². The van der Waals surface area contributed by atoms with Crippen LogP contribution in [0.15, 0.2) is 35.4 Å². The molecule has 2 rings (SSSR count). The number of carboxylic acid groups (broad SMARTS) is 1. The van der Waals surface area contributed by atoms with Crippen LogP contribution in [-0.4, -0.2) is 37.9 Å². The van der Waals surface area contributed by atoms with Crippen LogP contribution in [0.5, 0.6) is 0 Å². The van der Waals surface area contributed by atoms with Gasteiger partial charge in [-0.05, 0) is 12.1 Å². The summed E-state index contributed by atoms with van der Waals surface area (Å²) in [5.74, 6) is -0.678. The molecule has 21 heavy (non-hydrogen) atoms. The highest BCUT2D eigenvalue weighted by atomic mass is 32.2. The SMILES string of the molecule is NC(Cc1cn(CCSc2ccccc2F)nn1)C(=O)O. The highest BCUT2D eigenvalue weighted by Crippen LogP contribution is 2.21. The lowest BCUT2D eigenvalue weighted by molar-refractivity contribution is -0.138. The van der Waals surface area contributed by atoms with E-state index in [0.717, 1.165) is 0 Å². The lowest BCUT2D eigenvalue weighted by atomic mass is 10.2. The van der Waals surface area contributed by atoms with E-state index < -0.39 is 12.0 Å². The predicted molar refractivity (Wildman–Crippen MR) is 76.5 cm³/mol. The highest BCUT2D eigenvalue weighted by molar-refractivity contribution is 7.99. The third kappa shape index (κ3) is 4.54. The maximum absolute atomic E-state index is 13.4. The van der Waals surface area contributed by atoms with Crippen molar-refractivity contribution in [2.75, 3.05) is 5.75 Å². The van der Waals surface area contributed by atoms with Crippen molar-refractivity contribution in [2.45, 2.75) is 23.9 Å². The molecule has 0 radical (unpaired) electrons. The van der Waals surface area contributed by atoms with Gasteiger partial charge < -0.3 is 10.8 Å². The first-order valence-corrected chi connectivity index (χ1v) is 7.29. The second-order valence-corrected chi connectivity index (χ2v) is 5.54. The Balaban J connectivity index is 1.83. The third-order valence-corrected chi connectivity index (χ3v) is 3.78. The fraction of sp³-hybridized carbons (Fsp3) is 0.308. The zero-order valence-corrected chi connectivity index (χ0v) is 12.0. The Bertz CT molecular complexity index is 620. The number of carbonyl (C=O) groups is 1. The van der Waals surface area contributed by atoms with Gasteiger partial charge in [-0.25, -0.2) is 4.39 Å². The molecule has 0 fully saturated rings. The molecule has 3 N–H and O–H groups in total. The van der Waals surface area contributed by atoms with Crippen molar-refractivity contribution in [3.63, 3.8) is 0 Å². The van der Waals surface area contributed by atoms with Crippen LogP contribution < -0.4 is 5.73 Å². The molecule has 1 unspecified atom stereocenters. The zero-order valence-electron chi connectivity index (χ0n) is 11.1. The number of rotatable bonds is 7. The monoisotopic (exact) mass is 310 g/mol. The van der Waals surface area contributed by atoms with E-state index in [1.165, 1.54) is 17.8 Å². The van der Waals surface area contributed by atoms with E-state index in [1.807, 2.05) is 0 Å². The van der Waals surface area contributed by atoms with Crippen molar-refractivity contribution in [3.05, 3.63) is 42.0 Å². The Labute approximate surface area is 125 Å². The van der Waals surface area contributed by atoms with Crippen molar-refractivity contribution in [2.24, 2.45) is 5.73 Å². The number of hydrogen-bond acceptors (Lipinski definition) is 5. The van der Waals surface area contributed by atoms with Crippen LogP contribution in [0.4, 0.5) is 4.39 Å². The topological polar surface area (TPSA) is 94.0 Å². The molecule has 0 aliphatic carbocycles. The summed E-state index contributed by atoms with van der Waals surface area (Å²) in [6.07, 6.45) is 1.79. The summed E-state index contributed by atoms with van der Waals surface area (Å²) in [4.78, 5) is 11.2. The van der Waals surface area contributed by atoms with Gasteiger partial charge in [0.15, 0.2) is 0 Å². The van der Waals surface area contributed by atoms with Crippen molar-refractivity contribution < 1.29 is 14.3 Å². The van der Waals surface area contributed by atoms with E-state index >= 15 is 0 Å². The summed E-state index contributed by atoms with van der Waals surface area (Å²) in [7, 11) is 0. The Morgan fingerprint density at radius 3 is 2.95 bits per heavy atom. The second-order valence-electron chi connectivity index (χ2n) is 4.40. The predicted octanol–water partition coefficient (Wildman–Crippen LogP) is 1.16. The summed E-state index contributed by atoms with van der Waals surface area (Å²) < 4.78 is 15.0. The Morgan fingerprint density at radius 2 is 2.24 bits per heavy atom. The largest absolute Gasteiger partial charge is 0.480 e. The summed E-state index contributed by atoms with van der Waals surface area (Å²) in [6.45, 7) is 0.550. The first kappa shape index (κ1) is 15.5. The van der Waals surface area contributed by atoms with E-state index in [9.17, 15) is 9.18 Å². The number of carboxylic acids is 1. The standard InChI is InChI=1S/C13H15FN4O2S/c14-10-3-1-2-4-12(10)21-6-5-18-8-9(16-17-18)7-11(15)13(19)20/h1-4,8,11H,5-7,15H2,(H,19,20). The summed E-state index contributed by atoms with van der Waals surface area (Å²) >= 11 is 1.39. The fourth-order valence-corrected chi connectivity index (χ4v) is 2.54. The molecule has 0 amide bonds. The molecule has 1 atom stereocenters. The number of aliphatic carboxylic acids is 1. The summed E-state index contributed by atoms with van der Waals surface area (Å²) in [5, 5.41) is 16.5. The number of aryl methyl sites for hydroxylation is 1. The van der Waals surface area contributed by atoms with Gasteiger partial charge in [-0.2, -0.15) is 0 Å². The van der Waals surface area contributed by atoms with Gasteiger partial charge >= 0.3 is 5.97 Å². The minimum absolute atomic E-state index is 0.135. The second kappa shape index (κ2) is 7.19. The Hall–Kier alpha value is -1.93. The minimum Gasteiger partial charge on any atom is -0.480 e. The molecule has 2 aromatic rings. The lowest BCUT2D eigenvalue weighted by Gasteiger charge is -2.03. The van der Waals surface area contributed by atoms with Crippen molar-refractivity contribution in [1.29, 1.82) is 0 Å². The molecule has 0 spiro atoms. The van der Waals surface area contributed by atoms with Gasteiger partial charge in [-0.3, -0.25) is 9.48 Å². The minimum atomic E-state index is -1.07. The average Bonchev–Trinajstić information content (AvgIpc) is 2.88. The Kier molecular flexibility index (Phi) is 5.29. The third-order valence-electron chi connectivity index (χ3n) is 2.75. The lowest BCUT2D eigenvalue weighted by Crippen LogP contribution is -2.32. The molecule has 0 saturated carbocycles. The number of hydrogen-bond donors (Lipinski definition) is 2. The van der Waals surface area contributed by atoms with E-state index in [1.54, 1.807) is 29.1 Å². The molecule has 0 aliphatic heterocycles. The number of thioether (sulfide) groups is 1. The van der Waals surface area contributed by atoms with Crippen LogP contribution >= 0.6 is 11.8 Å². The van der Waals surface area contributed by atoms with Crippen molar-refractivity contribution in [3.8, 4) is 0 Å². The van der Waals surface area contributed by atoms with Crippen LogP contribution in [0.3, 0.4) is 0 Å². The molecular weight excluding hydrogens is 295 g/mol. The molecular formula is C13H15FN4O2S. The molecule has 112 valence electrons. The van der Waals surface area contributed by atoms with Crippen LogP contribution in [0.1, 0.15) is 5.69 Å².